The van der Waals surface area contributed by atoms with E-state index in [9.17, 15) is 0 Å². The van der Waals surface area contributed by atoms with Crippen molar-refractivity contribution < 1.29 is 0 Å². The second kappa shape index (κ2) is 4.83. The maximum atomic E-state index is 3.58. The molecule has 0 aromatic heterocycles. The van der Waals surface area contributed by atoms with Crippen LogP contribution < -0.4 is 5.32 Å². The number of rotatable bonds is 4. The lowest BCUT2D eigenvalue weighted by Crippen LogP contribution is -2.44. The van der Waals surface area contributed by atoms with Crippen molar-refractivity contribution in [3.05, 3.63) is 0 Å². The van der Waals surface area contributed by atoms with Crippen LogP contribution in [0.1, 0.15) is 32.6 Å². The van der Waals surface area contributed by atoms with Crippen molar-refractivity contribution >= 4 is 0 Å². The first-order chi connectivity index (χ1) is 5.75. The van der Waals surface area contributed by atoms with Gasteiger partial charge >= 0.3 is 0 Å². The van der Waals surface area contributed by atoms with Crippen LogP contribution in [0.3, 0.4) is 0 Å². The van der Waals surface area contributed by atoms with Gasteiger partial charge in [-0.05, 0) is 39.9 Å². The Bertz CT molecular complexity index is 117. The molecule has 1 heterocycles. The predicted molar refractivity (Wildman–Crippen MR) is 53.4 cm³/mol. The molecule has 0 aliphatic carbocycles. The molecule has 1 aliphatic rings. The predicted octanol–water partition coefficient (Wildman–Crippen LogP) is 1.47. The molecule has 0 amide bonds. The van der Waals surface area contributed by atoms with E-state index >= 15 is 0 Å². The number of nitrogens with zero attached hydrogens (tertiary/aromatic N) is 1. The van der Waals surface area contributed by atoms with Gasteiger partial charge in [-0.25, -0.2) is 0 Å². The minimum atomic E-state index is 0.748. The normalized spacial score (nSPS) is 26.5. The largest absolute Gasteiger partial charge is 0.312 e. The van der Waals surface area contributed by atoms with Crippen molar-refractivity contribution in [2.75, 3.05) is 20.6 Å². The Labute approximate surface area is 76.3 Å². The summed E-state index contributed by atoms with van der Waals surface area (Å²) in [4.78, 5) is 2.37. The van der Waals surface area contributed by atoms with Crippen LogP contribution in [-0.2, 0) is 0 Å². The number of hydrogen-bond donors (Lipinski definition) is 1. The summed E-state index contributed by atoms with van der Waals surface area (Å²) in [7, 11) is 4.39. The minimum absolute atomic E-state index is 0.748. The van der Waals surface area contributed by atoms with E-state index in [0.717, 1.165) is 12.1 Å². The third-order valence-corrected chi connectivity index (χ3v) is 2.81. The molecule has 0 spiro atoms. The number of hydrogen-bond acceptors (Lipinski definition) is 2. The zero-order valence-corrected chi connectivity index (χ0v) is 8.64. The zero-order valence-electron chi connectivity index (χ0n) is 8.64. The Balaban J connectivity index is 2.40. The average Bonchev–Trinajstić information content (AvgIpc) is 2.51. The SMILES string of the molecule is CCCC(C1CCCN1)N(C)C. The maximum Gasteiger partial charge on any atom is 0.0243 e. The number of likely N-dealkylation sites (N-methyl/N-ethyl adjacent to an activating group) is 1. The summed E-state index contributed by atoms with van der Waals surface area (Å²) in [6.45, 7) is 3.49. The third kappa shape index (κ3) is 2.46. The molecule has 12 heavy (non-hydrogen) atoms. The Morgan fingerprint density at radius 3 is 2.67 bits per heavy atom. The smallest absolute Gasteiger partial charge is 0.0243 e. The Hall–Kier alpha value is -0.0800. The Morgan fingerprint density at radius 1 is 1.50 bits per heavy atom. The topological polar surface area (TPSA) is 15.3 Å². The molecule has 0 aromatic rings. The molecule has 0 bridgehead atoms. The van der Waals surface area contributed by atoms with E-state index in [2.05, 4.69) is 31.2 Å². The van der Waals surface area contributed by atoms with Gasteiger partial charge in [-0.15, -0.1) is 0 Å². The zero-order chi connectivity index (χ0) is 8.97. The molecule has 1 fully saturated rings. The molecule has 0 aromatic carbocycles. The summed E-state index contributed by atoms with van der Waals surface area (Å²) in [6, 6.07) is 1.50. The van der Waals surface area contributed by atoms with Crippen molar-refractivity contribution in [2.45, 2.75) is 44.7 Å². The van der Waals surface area contributed by atoms with E-state index in [1.165, 1.54) is 32.2 Å². The monoisotopic (exact) mass is 170 g/mol. The van der Waals surface area contributed by atoms with Crippen LogP contribution in [0.4, 0.5) is 0 Å². The average molecular weight is 170 g/mol. The van der Waals surface area contributed by atoms with Crippen molar-refractivity contribution in [1.29, 1.82) is 0 Å². The minimum Gasteiger partial charge on any atom is -0.312 e. The standard InChI is InChI=1S/C10H22N2/c1-4-6-10(12(2)3)9-7-5-8-11-9/h9-11H,4-8H2,1-3H3. The van der Waals surface area contributed by atoms with Gasteiger partial charge < -0.3 is 10.2 Å². The summed E-state index contributed by atoms with van der Waals surface area (Å²) in [5.41, 5.74) is 0. The summed E-state index contributed by atoms with van der Waals surface area (Å²) in [5.74, 6) is 0. The molecule has 1 aliphatic heterocycles. The highest BCUT2D eigenvalue weighted by atomic mass is 15.1. The lowest BCUT2D eigenvalue weighted by atomic mass is 10.0. The summed E-state index contributed by atoms with van der Waals surface area (Å²) < 4.78 is 0. The molecule has 0 radical (unpaired) electrons. The van der Waals surface area contributed by atoms with Gasteiger partial charge in [-0.3, -0.25) is 0 Å². The van der Waals surface area contributed by atoms with E-state index in [1.54, 1.807) is 0 Å². The maximum absolute atomic E-state index is 3.58. The fourth-order valence-electron chi connectivity index (χ4n) is 2.15. The van der Waals surface area contributed by atoms with E-state index in [1.807, 2.05) is 0 Å². The van der Waals surface area contributed by atoms with Gasteiger partial charge in [0.15, 0.2) is 0 Å². The van der Waals surface area contributed by atoms with Crippen LogP contribution in [0, 0.1) is 0 Å². The fourth-order valence-corrected chi connectivity index (χ4v) is 2.15. The summed E-state index contributed by atoms with van der Waals surface area (Å²) >= 11 is 0. The first kappa shape index (κ1) is 10.0. The first-order valence-corrected chi connectivity index (χ1v) is 5.15. The van der Waals surface area contributed by atoms with Gasteiger partial charge in [-0.2, -0.15) is 0 Å². The van der Waals surface area contributed by atoms with Gasteiger partial charge in [0.1, 0.15) is 0 Å². The van der Waals surface area contributed by atoms with Crippen LogP contribution in [0.2, 0.25) is 0 Å². The number of nitrogens with one attached hydrogen (secondary N) is 1. The van der Waals surface area contributed by atoms with Crippen LogP contribution in [0.25, 0.3) is 0 Å². The van der Waals surface area contributed by atoms with Crippen LogP contribution >= 0.6 is 0 Å². The second-order valence-corrected chi connectivity index (χ2v) is 4.02. The van der Waals surface area contributed by atoms with E-state index < -0.39 is 0 Å². The van der Waals surface area contributed by atoms with Gasteiger partial charge in [0.25, 0.3) is 0 Å². The highest BCUT2D eigenvalue weighted by Crippen LogP contribution is 2.16. The van der Waals surface area contributed by atoms with Crippen LogP contribution in [0.5, 0.6) is 0 Å². The fraction of sp³-hybridized carbons (Fsp3) is 1.00. The molecule has 2 nitrogen and oxygen atoms in total. The van der Waals surface area contributed by atoms with E-state index in [0.29, 0.717) is 0 Å². The van der Waals surface area contributed by atoms with E-state index in [4.69, 9.17) is 0 Å². The van der Waals surface area contributed by atoms with Crippen LogP contribution in [-0.4, -0.2) is 37.6 Å². The summed E-state index contributed by atoms with van der Waals surface area (Å²) in [5, 5.41) is 3.58. The Morgan fingerprint density at radius 2 is 2.25 bits per heavy atom. The van der Waals surface area contributed by atoms with Crippen molar-refractivity contribution in [2.24, 2.45) is 0 Å². The van der Waals surface area contributed by atoms with Crippen molar-refractivity contribution in [1.82, 2.24) is 10.2 Å². The molecule has 1 saturated heterocycles. The van der Waals surface area contributed by atoms with Gasteiger partial charge in [-0.1, -0.05) is 13.3 Å². The third-order valence-electron chi connectivity index (χ3n) is 2.81. The van der Waals surface area contributed by atoms with Crippen LogP contribution in [0.15, 0.2) is 0 Å². The molecular formula is C10H22N2. The quantitative estimate of drug-likeness (QED) is 0.687. The molecule has 2 heteroatoms. The second-order valence-electron chi connectivity index (χ2n) is 4.02. The Kier molecular flexibility index (Phi) is 4.02. The molecule has 1 N–H and O–H groups in total. The molecule has 1 rings (SSSR count). The molecule has 72 valence electrons. The highest BCUT2D eigenvalue weighted by molar-refractivity contribution is 4.85. The lowest BCUT2D eigenvalue weighted by molar-refractivity contribution is 0.226. The molecule has 2 unspecified atom stereocenters. The molecule has 0 saturated carbocycles. The first-order valence-electron chi connectivity index (χ1n) is 5.15. The van der Waals surface area contributed by atoms with Gasteiger partial charge in [0.05, 0.1) is 0 Å². The van der Waals surface area contributed by atoms with Gasteiger partial charge in [0, 0.05) is 12.1 Å². The van der Waals surface area contributed by atoms with Gasteiger partial charge in [0.2, 0.25) is 0 Å². The van der Waals surface area contributed by atoms with Crippen molar-refractivity contribution in [3.8, 4) is 0 Å². The molecule has 2 atom stereocenters. The summed E-state index contributed by atoms with van der Waals surface area (Å²) in [6.07, 6.45) is 5.34. The molecular weight excluding hydrogens is 148 g/mol. The lowest BCUT2D eigenvalue weighted by Gasteiger charge is -2.29. The van der Waals surface area contributed by atoms with E-state index in [-0.39, 0.29) is 0 Å². The van der Waals surface area contributed by atoms with Crippen molar-refractivity contribution in [3.63, 3.8) is 0 Å². The highest BCUT2D eigenvalue weighted by Gasteiger charge is 2.24.